The molecule has 0 spiro atoms. The minimum absolute atomic E-state index is 0.321. The molecule has 0 aliphatic carbocycles. The summed E-state index contributed by atoms with van der Waals surface area (Å²) in [4.78, 5) is 4.03. The highest BCUT2D eigenvalue weighted by atomic mass is 35.5. The molecule has 3 nitrogen and oxygen atoms in total. The van der Waals surface area contributed by atoms with Crippen molar-refractivity contribution in [2.75, 3.05) is 0 Å². The smallest absolute Gasteiger partial charge is 0.220 e. The summed E-state index contributed by atoms with van der Waals surface area (Å²) in [7, 11) is 0. The van der Waals surface area contributed by atoms with Crippen LogP contribution in [0.2, 0.25) is 5.02 Å². The minimum atomic E-state index is 0.321. The average Bonchev–Trinajstić information content (AvgIpc) is 2.34. The Labute approximate surface area is 104 Å². The van der Waals surface area contributed by atoms with E-state index in [4.69, 9.17) is 21.6 Å². The van der Waals surface area contributed by atoms with Crippen molar-refractivity contribution in [2.24, 2.45) is 0 Å². The first-order valence-corrected chi connectivity index (χ1v) is 5.38. The highest BCUT2D eigenvalue weighted by molar-refractivity contribution is 6.30. The zero-order chi connectivity index (χ0) is 12.3. The van der Waals surface area contributed by atoms with Crippen LogP contribution >= 0.6 is 11.6 Å². The molecule has 0 aliphatic rings. The molecule has 0 bridgehead atoms. The molecule has 4 heteroatoms. The van der Waals surface area contributed by atoms with Crippen molar-refractivity contribution in [1.82, 2.24) is 4.98 Å². The number of nitrogens with zero attached hydrogens (tertiary/aromatic N) is 2. The zero-order valence-electron chi connectivity index (χ0n) is 9.14. The summed E-state index contributed by atoms with van der Waals surface area (Å²) in [5.41, 5.74) is 1.28. The summed E-state index contributed by atoms with van der Waals surface area (Å²) < 4.78 is 5.59. The third kappa shape index (κ3) is 2.74. The Morgan fingerprint density at radius 1 is 1.29 bits per heavy atom. The molecule has 0 N–H and O–H groups in total. The van der Waals surface area contributed by atoms with Gasteiger partial charge in [0, 0.05) is 11.1 Å². The van der Waals surface area contributed by atoms with Crippen molar-refractivity contribution in [3.8, 4) is 17.7 Å². The van der Waals surface area contributed by atoms with Gasteiger partial charge in [0.25, 0.3) is 0 Å². The molecule has 0 atom stereocenters. The van der Waals surface area contributed by atoms with Gasteiger partial charge in [-0.1, -0.05) is 23.7 Å². The van der Waals surface area contributed by atoms with Gasteiger partial charge in [-0.3, -0.25) is 0 Å². The predicted molar refractivity (Wildman–Crippen MR) is 65.2 cm³/mol. The standard InChI is InChI=1S/C13H9ClN2O/c1-9-5-6-10(14)7-12(9)17-13-4-2-3-11(8-15)16-13/h2-7H,1H3. The number of aromatic nitrogens is 1. The van der Waals surface area contributed by atoms with Gasteiger partial charge >= 0.3 is 0 Å². The van der Waals surface area contributed by atoms with Crippen molar-refractivity contribution in [2.45, 2.75) is 6.92 Å². The molecule has 1 aromatic heterocycles. The number of benzene rings is 1. The Morgan fingerprint density at radius 3 is 2.88 bits per heavy atom. The van der Waals surface area contributed by atoms with E-state index in [0.29, 0.717) is 22.3 Å². The average molecular weight is 245 g/mol. The maximum atomic E-state index is 8.74. The number of rotatable bonds is 2. The van der Waals surface area contributed by atoms with E-state index in [-0.39, 0.29) is 0 Å². The summed E-state index contributed by atoms with van der Waals surface area (Å²) in [6, 6.07) is 12.4. The lowest BCUT2D eigenvalue weighted by molar-refractivity contribution is 0.459. The Balaban J connectivity index is 2.31. The number of halogens is 1. The van der Waals surface area contributed by atoms with Crippen molar-refractivity contribution >= 4 is 11.6 Å². The van der Waals surface area contributed by atoms with E-state index in [1.54, 1.807) is 30.3 Å². The molecule has 1 heterocycles. The van der Waals surface area contributed by atoms with Crippen molar-refractivity contribution in [3.05, 3.63) is 52.7 Å². The van der Waals surface area contributed by atoms with Gasteiger partial charge in [-0.05, 0) is 30.7 Å². The van der Waals surface area contributed by atoms with Crippen LogP contribution in [0.3, 0.4) is 0 Å². The fraction of sp³-hybridized carbons (Fsp3) is 0.0769. The summed E-state index contributed by atoms with van der Waals surface area (Å²) in [6.07, 6.45) is 0. The Bertz CT molecular complexity index is 590. The lowest BCUT2D eigenvalue weighted by atomic mass is 10.2. The summed E-state index contributed by atoms with van der Waals surface area (Å²) in [6.45, 7) is 1.92. The topological polar surface area (TPSA) is 45.9 Å². The van der Waals surface area contributed by atoms with E-state index in [0.717, 1.165) is 5.56 Å². The summed E-state index contributed by atoms with van der Waals surface area (Å²) in [5.74, 6) is 1.02. The van der Waals surface area contributed by atoms with Gasteiger partial charge in [0.1, 0.15) is 17.5 Å². The monoisotopic (exact) mass is 244 g/mol. The van der Waals surface area contributed by atoms with E-state index in [1.165, 1.54) is 0 Å². The molecule has 0 aliphatic heterocycles. The second-order valence-corrected chi connectivity index (χ2v) is 3.92. The molecule has 0 fully saturated rings. The summed E-state index contributed by atoms with van der Waals surface area (Å²) in [5, 5.41) is 9.34. The minimum Gasteiger partial charge on any atom is -0.439 e. The van der Waals surface area contributed by atoms with E-state index < -0.39 is 0 Å². The first-order valence-electron chi connectivity index (χ1n) is 5.00. The third-order valence-corrected chi connectivity index (χ3v) is 2.44. The largest absolute Gasteiger partial charge is 0.439 e. The van der Waals surface area contributed by atoms with Crippen LogP contribution < -0.4 is 4.74 Å². The van der Waals surface area contributed by atoms with E-state index >= 15 is 0 Å². The quantitative estimate of drug-likeness (QED) is 0.809. The molecule has 0 unspecified atom stereocenters. The SMILES string of the molecule is Cc1ccc(Cl)cc1Oc1cccc(C#N)n1. The normalized spacial score (nSPS) is 9.71. The third-order valence-electron chi connectivity index (χ3n) is 2.20. The fourth-order valence-corrected chi connectivity index (χ4v) is 1.49. The van der Waals surface area contributed by atoms with Gasteiger partial charge in [-0.15, -0.1) is 0 Å². The van der Waals surface area contributed by atoms with E-state index in [1.807, 2.05) is 19.1 Å². The predicted octanol–water partition coefficient (Wildman–Crippen LogP) is 3.71. The second kappa shape index (κ2) is 4.86. The lowest BCUT2D eigenvalue weighted by Gasteiger charge is -2.07. The lowest BCUT2D eigenvalue weighted by Crippen LogP contribution is -1.91. The number of nitriles is 1. The number of hydrogen-bond acceptors (Lipinski definition) is 3. The van der Waals surface area contributed by atoms with Gasteiger partial charge in [0.2, 0.25) is 5.88 Å². The van der Waals surface area contributed by atoms with Crippen LogP contribution in [0.25, 0.3) is 0 Å². The molecule has 0 saturated heterocycles. The van der Waals surface area contributed by atoms with Crippen LogP contribution in [-0.4, -0.2) is 4.98 Å². The molecular weight excluding hydrogens is 236 g/mol. The number of ether oxygens (including phenoxy) is 1. The molecule has 84 valence electrons. The van der Waals surface area contributed by atoms with E-state index in [2.05, 4.69) is 4.98 Å². The Morgan fingerprint density at radius 2 is 2.12 bits per heavy atom. The van der Waals surface area contributed by atoms with Crippen LogP contribution in [0.15, 0.2) is 36.4 Å². The van der Waals surface area contributed by atoms with Gasteiger partial charge in [-0.2, -0.15) is 5.26 Å². The zero-order valence-corrected chi connectivity index (χ0v) is 9.90. The summed E-state index contributed by atoms with van der Waals surface area (Å²) >= 11 is 5.89. The molecule has 1 aromatic carbocycles. The number of hydrogen-bond donors (Lipinski definition) is 0. The van der Waals surface area contributed by atoms with Crippen molar-refractivity contribution in [1.29, 1.82) is 5.26 Å². The van der Waals surface area contributed by atoms with Gasteiger partial charge in [0.15, 0.2) is 0 Å². The second-order valence-electron chi connectivity index (χ2n) is 3.48. The molecule has 0 radical (unpaired) electrons. The van der Waals surface area contributed by atoms with Gasteiger partial charge < -0.3 is 4.74 Å². The first-order chi connectivity index (χ1) is 8.19. The van der Waals surface area contributed by atoms with Gasteiger partial charge in [0.05, 0.1) is 0 Å². The maximum Gasteiger partial charge on any atom is 0.220 e. The molecule has 2 aromatic rings. The van der Waals surface area contributed by atoms with Crippen LogP contribution in [0.1, 0.15) is 11.3 Å². The number of aryl methyl sites for hydroxylation is 1. The van der Waals surface area contributed by atoms with Crippen LogP contribution in [-0.2, 0) is 0 Å². The molecule has 0 saturated carbocycles. The first kappa shape index (κ1) is 11.4. The Hall–Kier alpha value is -2.05. The molecule has 17 heavy (non-hydrogen) atoms. The van der Waals surface area contributed by atoms with Gasteiger partial charge in [-0.25, -0.2) is 4.98 Å². The fourth-order valence-electron chi connectivity index (χ4n) is 1.33. The van der Waals surface area contributed by atoms with Crippen molar-refractivity contribution in [3.63, 3.8) is 0 Å². The van der Waals surface area contributed by atoms with Crippen LogP contribution in [0, 0.1) is 18.3 Å². The highest BCUT2D eigenvalue weighted by Crippen LogP contribution is 2.26. The highest BCUT2D eigenvalue weighted by Gasteiger charge is 2.04. The van der Waals surface area contributed by atoms with Crippen LogP contribution in [0.5, 0.6) is 11.6 Å². The molecule has 2 rings (SSSR count). The maximum absolute atomic E-state index is 8.74. The molecular formula is C13H9ClN2O. The van der Waals surface area contributed by atoms with Crippen molar-refractivity contribution < 1.29 is 4.74 Å². The van der Waals surface area contributed by atoms with E-state index in [9.17, 15) is 0 Å². The number of pyridine rings is 1. The Kier molecular flexibility index (Phi) is 3.27. The molecule has 0 amide bonds. The van der Waals surface area contributed by atoms with Crippen LogP contribution in [0.4, 0.5) is 0 Å².